The van der Waals surface area contributed by atoms with Gasteiger partial charge in [0.2, 0.25) is 5.91 Å². The Morgan fingerprint density at radius 2 is 2.10 bits per heavy atom. The third-order valence-corrected chi connectivity index (χ3v) is 3.93. The molecular formula is C12H18N4O3S. The van der Waals surface area contributed by atoms with E-state index in [1.165, 1.54) is 18.4 Å². The van der Waals surface area contributed by atoms with Gasteiger partial charge >= 0.3 is 5.97 Å². The quantitative estimate of drug-likeness (QED) is 0.760. The van der Waals surface area contributed by atoms with E-state index in [1.807, 2.05) is 4.90 Å². The molecule has 7 nitrogen and oxygen atoms in total. The lowest BCUT2D eigenvalue weighted by atomic mass is 10.2. The van der Waals surface area contributed by atoms with E-state index in [1.54, 1.807) is 10.3 Å². The number of thiazole rings is 1. The Morgan fingerprint density at radius 1 is 1.40 bits per heavy atom. The van der Waals surface area contributed by atoms with Crippen molar-refractivity contribution in [1.29, 1.82) is 0 Å². The number of carbonyl (C=O) groups excluding carboxylic acids is 2. The zero-order valence-electron chi connectivity index (χ0n) is 11.4. The lowest BCUT2D eigenvalue weighted by Gasteiger charge is -2.34. The van der Waals surface area contributed by atoms with E-state index in [2.05, 4.69) is 9.72 Å². The maximum absolute atomic E-state index is 12.1. The molecule has 1 aromatic rings. The van der Waals surface area contributed by atoms with Crippen molar-refractivity contribution in [1.82, 2.24) is 14.8 Å². The van der Waals surface area contributed by atoms with Gasteiger partial charge in [-0.05, 0) is 0 Å². The maximum atomic E-state index is 12.1. The van der Waals surface area contributed by atoms with E-state index in [4.69, 9.17) is 5.73 Å². The van der Waals surface area contributed by atoms with Gasteiger partial charge in [-0.1, -0.05) is 0 Å². The summed E-state index contributed by atoms with van der Waals surface area (Å²) < 4.78 is 4.63. The van der Waals surface area contributed by atoms with E-state index < -0.39 is 0 Å². The number of piperazine rings is 1. The molecule has 110 valence electrons. The number of amides is 1. The summed E-state index contributed by atoms with van der Waals surface area (Å²) in [6.45, 7) is 2.88. The molecule has 8 heteroatoms. The van der Waals surface area contributed by atoms with Gasteiger partial charge in [0.05, 0.1) is 25.8 Å². The van der Waals surface area contributed by atoms with Crippen LogP contribution in [0.15, 0.2) is 5.38 Å². The Morgan fingerprint density at radius 3 is 2.65 bits per heavy atom. The van der Waals surface area contributed by atoms with Crippen LogP contribution in [0.4, 0.5) is 5.13 Å². The molecule has 2 heterocycles. The first-order valence-corrected chi connectivity index (χ1v) is 7.23. The van der Waals surface area contributed by atoms with E-state index >= 15 is 0 Å². The molecule has 1 aliphatic heterocycles. The Kier molecular flexibility index (Phi) is 4.91. The number of ether oxygens (including phenoxy) is 1. The Balaban J connectivity index is 1.78. The molecule has 20 heavy (non-hydrogen) atoms. The van der Waals surface area contributed by atoms with Crippen molar-refractivity contribution >= 4 is 28.3 Å². The molecule has 1 amide bonds. The second kappa shape index (κ2) is 6.67. The topological polar surface area (TPSA) is 88.8 Å². The van der Waals surface area contributed by atoms with Crippen LogP contribution >= 0.6 is 11.3 Å². The number of methoxy groups -OCH3 is 1. The summed E-state index contributed by atoms with van der Waals surface area (Å²) in [6.07, 6.45) is 0.282. The number of nitrogen functional groups attached to an aromatic ring is 1. The van der Waals surface area contributed by atoms with Crippen LogP contribution in [0.25, 0.3) is 0 Å². The number of hydrogen-bond donors (Lipinski definition) is 1. The average molecular weight is 298 g/mol. The van der Waals surface area contributed by atoms with E-state index in [9.17, 15) is 9.59 Å². The molecule has 0 atom stereocenters. The van der Waals surface area contributed by atoms with Crippen LogP contribution in [-0.4, -0.2) is 66.5 Å². The molecule has 2 rings (SSSR count). The van der Waals surface area contributed by atoms with Crippen molar-refractivity contribution < 1.29 is 14.3 Å². The Bertz CT molecular complexity index is 483. The Labute approximate surface area is 121 Å². The number of anilines is 1. The summed E-state index contributed by atoms with van der Waals surface area (Å²) in [5.41, 5.74) is 6.26. The van der Waals surface area contributed by atoms with Crippen molar-refractivity contribution in [3.05, 3.63) is 11.1 Å². The fourth-order valence-corrected chi connectivity index (χ4v) is 2.64. The maximum Gasteiger partial charge on any atom is 0.319 e. The lowest BCUT2D eigenvalue weighted by molar-refractivity contribution is -0.142. The lowest BCUT2D eigenvalue weighted by Crippen LogP contribution is -2.50. The molecule has 0 unspecified atom stereocenters. The fraction of sp³-hybridized carbons (Fsp3) is 0.583. The molecule has 0 bridgehead atoms. The standard InChI is InChI=1S/C12H18N4O3S/c1-19-11(18)7-15-2-4-16(5-3-15)10(17)6-9-8-20-12(13)14-9/h8H,2-7H2,1H3,(H2,13,14). The predicted molar refractivity (Wildman–Crippen MR) is 75.3 cm³/mol. The van der Waals surface area contributed by atoms with Gasteiger partial charge in [0.25, 0.3) is 0 Å². The first-order chi connectivity index (χ1) is 9.58. The third-order valence-electron chi connectivity index (χ3n) is 3.21. The number of carbonyl (C=O) groups is 2. The summed E-state index contributed by atoms with van der Waals surface area (Å²) in [4.78, 5) is 31.1. The summed E-state index contributed by atoms with van der Waals surface area (Å²) in [5, 5.41) is 2.29. The average Bonchev–Trinajstić information content (AvgIpc) is 2.84. The first kappa shape index (κ1) is 14.7. The monoisotopic (exact) mass is 298 g/mol. The minimum absolute atomic E-state index is 0.0491. The number of nitrogens with zero attached hydrogens (tertiary/aromatic N) is 3. The van der Waals surface area contributed by atoms with Gasteiger partial charge in [-0.2, -0.15) is 0 Å². The van der Waals surface area contributed by atoms with E-state index in [0.717, 1.165) is 5.69 Å². The minimum atomic E-state index is -0.247. The number of rotatable bonds is 4. The summed E-state index contributed by atoms with van der Waals surface area (Å²) in [5.74, 6) is -0.198. The van der Waals surface area contributed by atoms with Crippen LogP contribution in [0.1, 0.15) is 5.69 Å². The van der Waals surface area contributed by atoms with Gasteiger partial charge in [-0.15, -0.1) is 11.3 Å². The zero-order chi connectivity index (χ0) is 14.5. The highest BCUT2D eigenvalue weighted by atomic mass is 32.1. The summed E-state index contributed by atoms with van der Waals surface area (Å²) in [7, 11) is 1.38. The van der Waals surface area contributed by atoms with Crippen LogP contribution < -0.4 is 5.73 Å². The minimum Gasteiger partial charge on any atom is -0.468 e. The molecule has 0 saturated carbocycles. The van der Waals surface area contributed by atoms with Gasteiger partial charge in [0, 0.05) is 31.6 Å². The van der Waals surface area contributed by atoms with Crippen LogP contribution in [0.3, 0.4) is 0 Å². The molecular weight excluding hydrogens is 280 g/mol. The van der Waals surface area contributed by atoms with Crippen LogP contribution in [0.2, 0.25) is 0 Å². The van der Waals surface area contributed by atoms with E-state index in [-0.39, 0.29) is 24.8 Å². The third kappa shape index (κ3) is 3.91. The molecule has 1 saturated heterocycles. The smallest absolute Gasteiger partial charge is 0.319 e. The van der Waals surface area contributed by atoms with Crippen LogP contribution in [0, 0.1) is 0 Å². The van der Waals surface area contributed by atoms with Crippen molar-refractivity contribution in [3.8, 4) is 0 Å². The van der Waals surface area contributed by atoms with Crippen LogP contribution in [-0.2, 0) is 20.7 Å². The SMILES string of the molecule is COC(=O)CN1CCN(C(=O)Cc2csc(N)n2)CC1. The van der Waals surface area contributed by atoms with Gasteiger partial charge in [0.15, 0.2) is 5.13 Å². The molecule has 1 aromatic heterocycles. The Hall–Kier alpha value is -1.67. The van der Waals surface area contributed by atoms with Gasteiger partial charge in [-0.3, -0.25) is 14.5 Å². The highest BCUT2D eigenvalue weighted by Crippen LogP contribution is 2.13. The predicted octanol–water partition coefficient (Wildman–Crippen LogP) is -0.415. The highest BCUT2D eigenvalue weighted by Gasteiger charge is 2.23. The second-order valence-electron chi connectivity index (χ2n) is 4.59. The largest absolute Gasteiger partial charge is 0.468 e. The number of esters is 1. The number of hydrogen-bond acceptors (Lipinski definition) is 7. The second-order valence-corrected chi connectivity index (χ2v) is 5.48. The van der Waals surface area contributed by atoms with Gasteiger partial charge < -0.3 is 15.4 Å². The summed E-state index contributed by atoms with van der Waals surface area (Å²) >= 11 is 1.34. The van der Waals surface area contributed by atoms with Crippen LogP contribution in [0.5, 0.6) is 0 Å². The fourth-order valence-electron chi connectivity index (χ4n) is 2.07. The van der Waals surface area contributed by atoms with Gasteiger partial charge in [0.1, 0.15) is 0 Å². The first-order valence-electron chi connectivity index (χ1n) is 6.35. The molecule has 1 fully saturated rings. The van der Waals surface area contributed by atoms with Crippen molar-refractivity contribution in [2.75, 3.05) is 45.6 Å². The molecule has 2 N–H and O–H groups in total. The number of aromatic nitrogens is 1. The van der Waals surface area contributed by atoms with Gasteiger partial charge in [-0.25, -0.2) is 4.98 Å². The number of nitrogens with two attached hydrogens (primary N) is 1. The molecule has 0 radical (unpaired) electrons. The molecule has 0 spiro atoms. The normalized spacial score (nSPS) is 16.1. The molecule has 0 aliphatic carbocycles. The van der Waals surface area contributed by atoms with Crippen molar-refractivity contribution in [2.45, 2.75) is 6.42 Å². The zero-order valence-corrected chi connectivity index (χ0v) is 12.2. The molecule has 0 aromatic carbocycles. The van der Waals surface area contributed by atoms with Crippen molar-refractivity contribution in [3.63, 3.8) is 0 Å². The molecule has 1 aliphatic rings. The van der Waals surface area contributed by atoms with Crippen molar-refractivity contribution in [2.24, 2.45) is 0 Å². The summed E-state index contributed by atoms with van der Waals surface area (Å²) in [6, 6.07) is 0. The van der Waals surface area contributed by atoms with E-state index in [0.29, 0.717) is 31.3 Å². The highest BCUT2D eigenvalue weighted by molar-refractivity contribution is 7.13.